The van der Waals surface area contributed by atoms with E-state index in [0.29, 0.717) is 12.3 Å². The molecule has 0 aliphatic carbocycles. The Bertz CT molecular complexity index is 691. The third-order valence-corrected chi connectivity index (χ3v) is 3.61. The van der Waals surface area contributed by atoms with Crippen LogP contribution in [0.15, 0.2) is 18.3 Å². The van der Waals surface area contributed by atoms with Crippen molar-refractivity contribution < 1.29 is 51.5 Å². The third-order valence-electron chi connectivity index (χ3n) is 1.67. The minimum Gasteiger partial charge on any atom is -0.376 e. The molecule has 1 rings (SSSR count). The van der Waals surface area contributed by atoms with Crippen LogP contribution in [0.1, 0.15) is 0 Å². The van der Waals surface area contributed by atoms with E-state index in [4.69, 9.17) is 0 Å². The Balaban J connectivity index is 3.08. The zero-order valence-electron chi connectivity index (χ0n) is 9.71. The second-order valence-corrected chi connectivity index (χ2v) is 6.37. The Morgan fingerprint density at radius 1 is 0.864 bits per heavy atom. The Kier molecular flexibility index (Phi) is 4.53. The van der Waals surface area contributed by atoms with Crippen LogP contribution in [0.25, 0.3) is 0 Å². The molecule has 0 fully saturated rings. The van der Waals surface area contributed by atoms with Gasteiger partial charge in [-0.1, -0.05) is 0 Å². The lowest BCUT2D eigenvalue weighted by atomic mass is 10.4. The third kappa shape index (κ3) is 4.12. The second-order valence-electron chi connectivity index (χ2n) is 3.30. The molecule has 126 valence electrons. The van der Waals surface area contributed by atoms with E-state index < -0.39 is 42.9 Å². The number of aromatic nitrogens is 1. The summed E-state index contributed by atoms with van der Waals surface area (Å²) in [5, 5.41) is 0. The van der Waals surface area contributed by atoms with Gasteiger partial charge in [-0.15, -0.1) is 0 Å². The molecule has 7 nitrogen and oxygen atoms in total. The van der Waals surface area contributed by atoms with E-state index in [2.05, 4.69) is 13.4 Å². The van der Waals surface area contributed by atoms with Crippen molar-refractivity contribution in [3.05, 3.63) is 18.3 Å². The number of alkyl halides is 6. The fourth-order valence-electron chi connectivity index (χ4n) is 0.822. The minimum absolute atomic E-state index is 0.118. The predicted molar refractivity (Wildman–Crippen MR) is 55.4 cm³/mol. The van der Waals surface area contributed by atoms with Gasteiger partial charge in [0, 0.05) is 18.3 Å². The topological polar surface area (TPSA) is 99.6 Å². The summed E-state index contributed by atoms with van der Waals surface area (Å²) in [6, 6.07) is 0.642. The lowest BCUT2D eigenvalue weighted by Gasteiger charge is -2.11. The Morgan fingerprint density at radius 2 is 1.32 bits per heavy atom. The molecule has 1 heterocycles. The molecule has 0 atom stereocenters. The largest absolute Gasteiger partial charge is 0.534 e. The van der Waals surface area contributed by atoms with E-state index in [-0.39, 0.29) is 6.07 Å². The predicted octanol–water partition coefficient (Wildman–Crippen LogP) is 1.54. The zero-order chi connectivity index (χ0) is 17.4. The van der Waals surface area contributed by atoms with Gasteiger partial charge in [-0.2, -0.15) is 43.2 Å². The van der Waals surface area contributed by atoms with Gasteiger partial charge >= 0.3 is 31.3 Å². The molecule has 0 unspecified atom stereocenters. The van der Waals surface area contributed by atoms with Gasteiger partial charge in [0.1, 0.15) is 5.75 Å². The quantitative estimate of drug-likeness (QED) is 0.447. The first kappa shape index (κ1) is 18.3. The van der Waals surface area contributed by atoms with Crippen molar-refractivity contribution in [2.24, 2.45) is 0 Å². The molecule has 1 aromatic heterocycles. The van der Waals surface area contributed by atoms with Crippen molar-refractivity contribution in [3.8, 4) is 11.6 Å². The van der Waals surface area contributed by atoms with Crippen molar-refractivity contribution in [2.45, 2.75) is 11.0 Å². The second kappa shape index (κ2) is 5.45. The molecule has 0 N–H and O–H groups in total. The smallest absolute Gasteiger partial charge is 0.376 e. The van der Waals surface area contributed by atoms with Crippen molar-refractivity contribution >= 4 is 20.2 Å². The highest BCUT2D eigenvalue weighted by Crippen LogP contribution is 2.30. The van der Waals surface area contributed by atoms with Gasteiger partial charge in [0.15, 0.2) is 0 Å². The summed E-state index contributed by atoms with van der Waals surface area (Å²) in [4.78, 5) is 2.97. The van der Waals surface area contributed by atoms with E-state index in [9.17, 15) is 43.2 Å². The van der Waals surface area contributed by atoms with Gasteiger partial charge in [0.05, 0.1) is 0 Å². The standard InChI is InChI=1S/C7H3F6NO6S2/c8-6(9,10)21(15,16)19-4-1-2-14-5(3-4)20-22(17,18)7(11,12)13/h1-3H. The summed E-state index contributed by atoms with van der Waals surface area (Å²) in [6.07, 6.45) is 0.475. The zero-order valence-corrected chi connectivity index (χ0v) is 11.3. The van der Waals surface area contributed by atoms with Crippen molar-refractivity contribution in [1.82, 2.24) is 4.98 Å². The maximum Gasteiger partial charge on any atom is 0.534 e. The molecular weight excluding hydrogens is 372 g/mol. The first-order chi connectivity index (χ1) is 9.66. The maximum atomic E-state index is 12.0. The van der Waals surface area contributed by atoms with Crippen LogP contribution in [0, 0.1) is 0 Å². The maximum absolute atomic E-state index is 12.0. The lowest BCUT2D eigenvalue weighted by molar-refractivity contribution is -0.0503. The number of pyridine rings is 1. The number of rotatable bonds is 4. The molecule has 0 amide bonds. The van der Waals surface area contributed by atoms with Crippen LogP contribution in [0.2, 0.25) is 0 Å². The molecule has 15 heteroatoms. The highest BCUT2D eigenvalue weighted by atomic mass is 32.2. The monoisotopic (exact) mass is 375 g/mol. The molecule has 1 aromatic rings. The van der Waals surface area contributed by atoms with Gasteiger partial charge < -0.3 is 8.37 Å². The molecule has 0 saturated heterocycles. The van der Waals surface area contributed by atoms with E-state index >= 15 is 0 Å². The first-order valence-corrected chi connectivity index (χ1v) is 7.45. The normalized spacial score (nSPS) is 13.7. The van der Waals surface area contributed by atoms with E-state index in [1.54, 1.807) is 0 Å². The van der Waals surface area contributed by atoms with E-state index in [1.165, 1.54) is 0 Å². The van der Waals surface area contributed by atoms with Crippen molar-refractivity contribution in [1.29, 1.82) is 0 Å². The highest BCUT2D eigenvalue weighted by Gasteiger charge is 2.50. The first-order valence-electron chi connectivity index (χ1n) is 4.63. The van der Waals surface area contributed by atoms with Crippen LogP contribution in [0.3, 0.4) is 0 Å². The van der Waals surface area contributed by atoms with Gasteiger partial charge in [-0.3, -0.25) is 0 Å². The molecule has 0 radical (unpaired) electrons. The lowest BCUT2D eigenvalue weighted by Crippen LogP contribution is -2.29. The molecule has 0 bridgehead atoms. The molecule has 0 saturated carbocycles. The van der Waals surface area contributed by atoms with Crippen LogP contribution in [-0.2, 0) is 20.2 Å². The average Bonchev–Trinajstić information content (AvgIpc) is 2.24. The fourth-order valence-corrected chi connectivity index (χ4v) is 1.68. The van der Waals surface area contributed by atoms with E-state index in [1.807, 2.05) is 0 Å². The summed E-state index contributed by atoms with van der Waals surface area (Å²) in [6.45, 7) is 0. The van der Waals surface area contributed by atoms with Crippen LogP contribution in [0.5, 0.6) is 11.6 Å². The van der Waals surface area contributed by atoms with Crippen LogP contribution < -0.4 is 8.37 Å². The Morgan fingerprint density at radius 3 is 1.77 bits per heavy atom. The number of halogens is 6. The Labute approximate surface area is 118 Å². The number of nitrogens with zero attached hydrogens (tertiary/aromatic N) is 1. The minimum atomic E-state index is -6.13. The summed E-state index contributed by atoms with van der Waals surface area (Å²) >= 11 is 0. The summed E-state index contributed by atoms with van der Waals surface area (Å²) < 4.78 is 122. The summed E-state index contributed by atoms with van der Waals surface area (Å²) in [7, 11) is -12.2. The molecule has 22 heavy (non-hydrogen) atoms. The summed E-state index contributed by atoms with van der Waals surface area (Å²) in [5.74, 6) is -2.49. The van der Waals surface area contributed by atoms with Crippen molar-refractivity contribution in [3.63, 3.8) is 0 Å². The number of hydrogen-bond acceptors (Lipinski definition) is 7. The van der Waals surface area contributed by atoms with Gasteiger partial charge in [-0.25, -0.2) is 4.98 Å². The van der Waals surface area contributed by atoms with Crippen LogP contribution in [0.4, 0.5) is 26.3 Å². The van der Waals surface area contributed by atoms with Crippen LogP contribution in [-0.4, -0.2) is 32.8 Å². The highest BCUT2D eigenvalue weighted by molar-refractivity contribution is 7.88. The molecule has 0 aliphatic heterocycles. The Hall–Kier alpha value is -1.77. The SMILES string of the molecule is O=S(=O)(Oc1ccnc(OS(=O)(=O)C(F)(F)F)c1)C(F)(F)F. The average molecular weight is 375 g/mol. The summed E-state index contributed by atoms with van der Waals surface area (Å²) in [5.41, 5.74) is -11.6. The van der Waals surface area contributed by atoms with Gasteiger partial charge in [0.25, 0.3) is 0 Å². The molecular formula is C7H3F6NO6S2. The van der Waals surface area contributed by atoms with Crippen molar-refractivity contribution in [2.75, 3.05) is 0 Å². The van der Waals surface area contributed by atoms with Gasteiger partial charge in [-0.05, 0) is 0 Å². The van der Waals surface area contributed by atoms with E-state index in [0.717, 1.165) is 0 Å². The number of hydrogen-bond donors (Lipinski definition) is 0. The molecule has 0 spiro atoms. The fraction of sp³-hybridized carbons (Fsp3) is 0.286. The molecule has 0 aliphatic rings. The van der Waals surface area contributed by atoms with Gasteiger partial charge in [0.2, 0.25) is 5.88 Å². The molecule has 0 aromatic carbocycles. The van der Waals surface area contributed by atoms with Crippen LogP contribution >= 0.6 is 0 Å².